The number of ether oxygens (including phenoxy) is 5. The molecule has 0 aliphatic rings. The fourth-order valence-corrected chi connectivity index (χ4v) is 1.29. The smallest absolute Gasteiger partial charge is 0.183 e. The summed E-state index contributed by atoms with van der Waals surface area (Å²) in [5, 5.41) is 0. The van der Waals surface area contributed by atoms with Crippen molar-refractivity contribution in [2.75, 3.05) is 66.6 Å². The zero-order valence-corrected chi connectivity index (χ0v) is 12.7. The van der Waals surface area contributed by atoms with Crippen molar-refractivity contribution in [3.05, 3.63) is 0 Å². The van der Waals surface area contributed by atoms with Gasteiger partial charge < -0.3 is 23.7 Å². The van der Waals surface area contributed by atoms with E-state index < -0.39 is 0 Å². The molecule has 0 saturated heterocycles. The summed E-state index contributed by atoms with van der Waals surface area (Å²) in [6.45, 7) is 6.23. The molecule has 0 aromatic carbocycles. The minimum atomic E-state index is -0.0705. The lowest BCUT2D eigenvalue weighted by Gasteiger charge is -2.07. The van der Waals surface area contributed by atoms with Gasteiger partial charge in [-0.25, -0.2) is 0 Å². The molecule has 0 N–H and O–H groups in total. The molecular weight excluding hydrogens is 264 g/mol. The summed E-state index contributed by atoms with van der Waals surface area (Å²) in [4.78, 5) is 11.0. The van der Waals surface area contributed by atoms with Crippen molar-refractivity contribution < 1.29 is 28.5 Å². The molecule has 0 rings (SSSR count). The van der Waals surface area contributed by atoms with Crippen LogP contribution in [0.2, 0.25) is 0 Å². The highest BCUT2D eigenvalue weighted by atomic mass is 16.6. The molecule has 6 nitrogen and oxygen atoms in total. The monoisotopic (exact) mass is 292 g/mol. The van der Waals surface area contributed by atoms with Gasteiger partial charge in [0.1, 0.15) is 13.2 Å². The summed E-state index contributed by atoms with van der Waals surface area (Å²) in [5.74, 6) is -0.0705. The Morgan fingerprint density at radius 3 is 1.75 bits per heavy atom. The maximum atomic E-state index is 11.0. The number of carbonyl (C=O) groups excluding carboxylic acids is 1. The first-order valence-corrected chi connectivity index (χ1v) is 7.12. The van der Waals surface area contributed by atoms with Crippen molar-refractivity contribution in [1.82, 2.24) is 0 Å². The maximum Gasteiger partial charge on any atom is 0.183 e. The van der Waals surface area contributed by atoms with Crippen LogP contribution < -0.4 is 0 Å². The Hall–Kier alpha value is -0.530. The van der Waals surface area contributed by atoms with Crippen molar-refractivity contribution >= 4 is 5.78 Å². The largest absolute Gasteiger partial charge is 0.379 e. The van der Waals surface area contributed by atoms with E-state index in [-0.39, 0.29) is 19.0 Å². The van der Waals surface area contributed by atoms with Crippen LogP contribution in [0.25, 0.3) is 0 Å². The van der Waals surface area contributed by atoms with Gasteiger partial charge >= 0.3 is 0 Å². The summed E-state index contributed by atoms with van der Waals surface area (Å²) in [6.07, 6.45) is 2.24. The standard InChI is InChI=1S/C14H28O6/c1-3-4-5-17-6-7-18-8-9-19-10-11-20-13-14(15)12-16-2/h3-13H2,1-2H3. The molecule has 0 bridgehead atoms. The summed E-state index contributed by atoms with van der Waals surface area (Å²) in [7, 11) is 1.48. The number of ketones is 1. The molecule has 0 unspecified atom stereocenters. The van der Waals surface area contributed by atoms with Gasteiger partial charge in [-0.15, -0.1) is 0 Å². The summed E-state index contributed by atoms with van der Waals surface area (Å²) in [5.41, 5.74) is 0. The van der Waals surface area contributed by atoms with Gasteiger partial charge in [0.15, 0.2) is 5.78 Å². The Labute approximate surface area is 121 Å². The second-order valence-electron chi connectivity index (χ2n) is 4.21. The van der Waals surface area contributed by atoms with Gasteiger partial charge in [0.05, 0.1) is 39.6 Å². The third-order valence-electron chi connectivity index (χ3n) is 2.33. The molecule has 0 aliphatic heterocycles. The van der Waals surface area contributed by atoms with E-state index in [1.54, 1.807) is 0 Å². The predicted molar refractivity (Wildman–Crippen MR) is 75.1 cm³/mol. The van der Waals surface area contributed by atoms with Crippen molar-refractivity contribution in [2.45, 2.75) is 19.8 Å². The molecule has 0 saturated carbocycles. The predicted octanol–water partition coefficient (Wildman–Crippen LogP) is 1.07. The molecule has 6 heteroatoms. The molecule has 0 aromatic rings. The van der Waals surface area contributed by atoms with Gasteiger partial charge in [0.25, 0.3) is 0 Å². The normalized spacial score (nSPS) is 10.9. The van der Waals surface area contributed by atoms with Gasteiger partial charge in [-0.05, 0) is 6.42 Å². The minimum absolute atomic E-state index is 0.0705. The van der Waals surface area contributed by atoms with Gasteiger partial charge in [0, 0.05) is 13.7 Å². The van der Waals surface area contributed by atoms with Gasteiger partial charge in [-0.1, -0.05) is 13.3 Å². The molecule has 0 heterocycles. The highest BCUT2D eigenvalue weighted by molar-refractivity contribution is 5.80. The number of rotatable bonds is 16. The Bertz CT molecular complexity index is 210. The Kier molecular flexibility index (Phi) is 16.1. The fourth-order valence-electron chi connectivity index (χ4n) is 1.29. The third-order valence-corrected chi connectivity index (χ3v) is 2.33. The lowest BCUT2D eigenvalue weighted by atomic mass is 10.4. The quantitative estimate of drug-likeness (QED) is 0.397. The third kappa shape index (κ3) is 15.5. The van der Waals surface area contributed by atoms with Gasteiger partial charge in [-0.2, -0.15) is 0 Å². The fraction of sp³-hybridized carbons (Fsp3) is 0.929. The number of methoxy groups -OCH3 is 1. The lowest BCUT2D eigenvalue weighted by molar-refractivity contribution is -0.127. The average Bonchev–Trinajstić information content (AvgIpc) is 2.44. The van der Waals surface area contributed by atoms with Crippen LogP contribution in [0.1, 0.15) is 19.8 Å². The van der Waals surface area contributed by atoms with Crippen LogP contribution in [0.3, 0.4) is 0 Å². The number of carbonyl (C=O) groups is 1. The van der Waals surface area contributed by atoms with Crippen LogP contribution in [0, 0.1) is 0 Å². The van der Waals surface area contributed by atoms with Crippen molar-refractivity contribution in [3.8, 4) is 0 Å². The van der Waals surface area contributed by atoms with E-state index in [0.717, 1.165) is 19.4 Å². The SMILES string of the molecule is CCCCOCCOCCOCCOCC(=O)COC. The van der Waals surface area contributed by atoms with E-state index in [2.05, 4.69) is 11.7 Å². The Morgan fingerprint density at radius 2 is 1.25 bits per heavy atom. The van der Waals surface area contributed by atoms with E-state index in [0.29, 0.717) is 39.6 Å². The lowest BCUT2D eigenvalue weighted by Crippen LogP contribution is -2.17. The molecule has 0 amide bonds. The zero-order chi connectivity index (χ0) is 14.9. The number of Topliss-reactive ketones (excluding diaryl/α,β-unsaturated/α-hetero) is 1. The summed E-state index contributed by atoms with van der Waals surface area (Å²) < 4.78 is 25.8. The molecular formula is C14H28O6. The van der Waals surface area contributed by atoms with Gasteiger partial charge in [-0.3, -0.25) is 4.79 Å². The van der Waals surface area contributed by atoms with Crippen LogP contribution in [0.5, 0.6) is 0 Å². The molecule has 0 radical (unpaired) electrons. The van der Waals surface area contributed by atoms with E-state index in [4.69, 9.17) is 18.9 Å². The van der Waals surface area contributed by atoms with Crippen LogP contribution in [-0.4, -0.2) is 72.4 Å². The molecule has 0 atom stereocenters. The second kappa shape index (κ2) is 16.5. The van der Waals surface area contributed by atoms with E-state index in [1.807, 2.05) is 0 Å². The van der Waals surface area contributed by atoms with Crippen LogP contribution in [-0.2, 0) is 28.5 Å². The maximum absolute atomic E-state index is 11.0. The van der Waals surface area contributed by atoms with E-state index in [1.165, 1.54) is 7.11 Å². The van der Waals surface area contributed by atoms with Crippen molar-refractivity contribution in [2.24, 2.45) is 0 Å². The minimum Gasteiger partial charge on any atom is -0.379 e. The van der Waals surface area contributed by atoms with Crippen LogP contribution in [0.4, 0.5) is 0 Å². The van der Waals surface area contributed by atoms with E-state index >= 15 is 0 Å². The highest BCUT2D eigenvalue weighted by Crippen LogP contribution is 1.88. The number of hydrogen-bond donors (Lipinski definition) is 0. The first kappa shape index (κ1) is 19.5. The van der Waals surface area contributed by atoms with Crippen molar-refractivity contribution in [1.29, 1.82) is 0 Å². The first-order chi connectivity index (χ1) is 9.81. The highest BCUT2D eigenvalue weighted by Gasteiger charge is 2.00. The van der Waals surface area contributed by atoms with E-state index in [9.17, 15) is 4.79 Å². The Morgan fingerprint density at radius 1 is 0.750 bits per heavy atom. The second-order valence-corrected chi connectivity index (χ2v) is 4.21. The number of unbranched alkanes of at least 4 members (excludes halogenated alkanes) is 1. The van der Waals surface area contributed by atoms with Crippen LogP contribution in [0.15, 0.2) is 0 Å². The summed E-state index contributed by atoms with van der Waals surface area (Å²) >= 11 is 0. The Balaban J connectivity index is 3.01. The van der Waals surface area contributed by atoms with Crippen molar-refractivity contribution in [3.63, 3.8) is 0 Å². The molecule has 0 aliphatic carbocycles. The average molecular weight is 292 g/mol. The molecule has 20 heavy (non-hydrogen) atoms. The number of hydrogen-bond acceptors (Lipinski definition) is 6. The molecule has 120 valence electrons. The topological polar surface area (TPSA) is 63.2 Å². The van der Waals surface area contributed by atoms with Crippen LogP contribution >= 0.6 is 0 Å². The molecule has 0 aromatic heterocycles. The van der Waals surface area contributed by atoms with Gasteiger partial charge in [0.2, 0.25) is 0 Å². The molecule has 0 fully saturated rings. The molecule has 0 spiro atoms. The summed E-state index contributed by atoms with van der Waals surface area (Å²) in [6, 6.07) is 0. The zero-order valence-electron chi connectivity index (χ0n) is 12.7. The first-order valence-electron chi connectivity index (χ1n) is 7.12.